The summed E-state index contributed by atoms with van der Waals surface area (Å²) in [6.45, 7) is 0. The van der Waals surface area contributed by atoms with Crippen molar-refractivity contribution in [3.63, 3.8) is 0 Å². The molecule has 4 heterocycles. The molecule has 1 aliphatic rings. The second-order valence-corrected chi connectivity index (χ2v) is 15.1. The highest BCUT2D eigenvalue weighted by Gasteiger charge is 2.26. The summed E-state index contributed by atoms with van der Waals surface area (Å²) in [4.78, 5) is 13.4. The summed E-state index contributed by atoms with van der Waals surface area (Å²) in [5.74, 6) is -1.12. The van der Waals surface area contributed by atoms with Gasteiger partial charge in [-0.25, -0.2) is 0 Å². The molecular formula is C57H48N4O. The van der Waals surface area contributed by atoms with E-state index in [2.05, 4.69) is 21.0 Å². The SMILES string of the molecule is [2H]c1cc2c(oc3c(-c4ccc(C([2H])([2H])C([2H])([2H])c5cc(C([2H])([2H])C([2H])([2H])c6ccc(-c7ccccc7)nc6)cc(C([2H])([2H])C([2H])([2H])c6ccc(-c7ccccc7)nc6)c5)cn4)cccc32)c(C2([2H])CCCC2)c1C#N. The molecule has 62 heavy (non-hydrogen) atoms. The van der Waals surface area contributed by atoms with Gasteiger partial charge in [-0.1, -0.05) is 122 Å². The third kappa shape index (κ3) is 8.42. The Morgan fingerprint density at radius 3 is 1.52 bits per heavy atom. The summed E-state index contributed by atoms with van der Waals surface area (Å²) in [7, 11) is 0. The average molecular weight is 819 g/mol. The van der Waals surface area contributed by atoms with Gasteiger partial charge in [0.1, 0.15) is 11.2 Å². The number of rotatable bonds is 13. The van der Waals surface area contributed by atoms with E-state index in [4.69, 9.17) is 5.79 Å². The number of hydrogen-bond donors (Lipinski definition) is 0. The number of hydrogen-bond acceptors (Lipinski definition) is 5. The number of para-hydroxylation sites is 1. The first-order valence-electron chi connectivity index (χ1n) is 27.5. The van der Waals surface area contributed by atoms with Crippen molar-refractivity contribution in [1.82, 2.24) is 15.0 Å². The first-order chi connectivity index (χ1) is 35.9. The Morgan fingerprint density at radius 1 is 0.548 bits per heavy atom. The van der Waals surface area contributed by atoms with Crippen LogP contribution < -0.4 is 0 Å². The van der Waals surface area contributed by atoms with Gasteiger partial charge >= 0.3 is 0 Å². The molecule has 1 fully saturated rings. The quantitative estimate of drug-likeness (QED) is 0.116. The van der Waals surface area contributed by atoms with Crippen molar-refractivity contribution in [2.75, 3.05) is 0 Å². The lowest BCUT2D eigenvalue weighted by Gasteiger charge is -2.12. The van der Waals surface area contributed by atoms with Gasteiger partial charge in [-0.3, -0.25) is 15.0 Å². The van der Waals surface area contributed by atoms with Crippen LogP contribution >= 0.6 is 0 Å². The van der Waals surface area contributed by atoms with E-state index >= 15 is 0 Å². The second kappa shape index (κ2) is 17.8. The summed E-state index contributed by atoms with van der Waals surface area (Å²) in [6, 6.07) is 38.6. The summed E-state index contributed by atoms with van der Waals surface area (Å²) in [5.41, 5.74) is 1.91. The highest BCUT2D eigenvalue weighted by atomic mass is 16.3. The highest BCUT2D eigenvalue weighted by Crippen LogP contribution is 2.44. The van der Waals surface area contributed by atoms with E-state index < -0.39 is 60.8 Å². The lowest BCUT2D eigenvalue weighted by atomic mass is 9.91. The predicted molar refractivity (Wildman–Crippen MR) is 251 cm³/mol. The molecule has 10 rings (SSSR count). The fourth-order valence-corrected chi connectivity index (χ4v) is 7.88. The van der Waals surface area contributed by atoms with Crippen molar-refractivity contribution in [3.05, 3.63) is 209 Å². The van der Waals surface area contributed by atoms with Crippen LogP contribution in [-0.2, 0) is 38.2 Å². The van der Waals surface area contributed by atoms with Crippen molar-refractivity contribution in [3.8, 4) is 39.8 Å². The topological polar surface area (TPSA) is 75.6 Å². The lowest BCUT2D eigenvalue weighted by molar-refractivity contribution is 0.643. The molecule has 9 aromatic rings. The Hall–Kier alpha value is -7.16. The van der Waals surface area contributed by atoms with E-state index in [0.717, 1.165) is 48.4 Å². The Morgan fingerprint density at radius 2 is 1.03 bits per heavy atom. The standard InChI is InChI=1S/C57H48N4O/c58-35-48-27-28-50-49-16-9-17-51(56(49)62-57(50)55(48)47-14-7-8-15-47)54-31-26-41(38-61-54)20-23-44-33-42(21-18-39-24-29-52(59-36-39)45-10-3-1-4-11-45)32-43(34-44)22-19-40-25-30-53(60-37-40)46-12-5-2-6-13-46/h1-6,9-13,16-17,24-34,36-38,47H,7-8,14-15,18-23H2/i18D2,19D2,20D2,21D2,22D2,23D2,27D,47D. The van der Waals surface area contributed by atoms with Crippen molar-refractivity contribution in [1.29, 1.82) is 5.26 Å². The summed E-state index contributed by atoms with van der Waals surface area (Å²) in [6.07, 6.45) is -12.1. The number of nitriles is 1. The smallest absolute Gasteiger partial charge is 0.144 e. The Bertz CT molecular complexity index is 3560. The predicted octanol–water partition coefficient (Wildman–Crippen LogP) is 13.7. The van der Waals surface area contributed by atoms with Crippen LogP contribution in [0.3, 0.4) is 0 Å². The summed E-state index contributed by atoms with van der Waals surface area (Å²) < 4.78 is 137. The van der Waals surface area contributed by atoms with E-state index in [1.54, 1.807) is 24.3 Å². The van der Waals surface area contributed by atoms with Crippen molar-refractivity contribution >= 4 is 21.9 Å². The number of nitrogens with zero attached hydrogens (tertiary/aromatic N) is 4. The van der Waals surface area contributed by atoms with Crippen LogP contribution in [0.2, 0.25) is 0 Å². The number of furan rings is 1. The minimum Gasteiger partial charge on any atom is -0.455 e. The van der Waals surface area contributed by atoms with E-state index in [-0.39, 0.29) is 28.3 Å². The molecule has 0 atom stereocenters. The Kier molecular flexibility index (Phi) is 7.54. The van der Waals surface area contributed by atoms with Gasteiger partial charge in [0.05, 0.1) is 30.1 Å². The molecular weight excluding hydrogens is 757 g/mol. The van der Waals surface area contributed by atoms with Crippen LogP contribution in [0.5, 0.6) is 0 Å². The van der Waals surface area contributed by atoms with Gasteiger partial charge in [0.15, 0.2) is 0 Å². The molecule has 302 valence electrons. The summed E-state index contributed by atoms with van der Waals surface area (Å²) in [5, 5.41) is 11.3. The highest BCUT2D eigenvalue weighted by molar-refractivity contribution is 6.10. The maximum absolute atomic E-state index is 10.2. The molecule has 0 radical (unpaired) electrons. The van der Waals surface area contributed by atoms with Gasteiger partial charge in [0.2, 0.25) is 0 Å². The monoisotopic (exact) mass is 818 g/mol. The largest absolute Gasteiger partial charge is 0.455 e. The van der Waals surface area contributed by atoms with Crippen molar-refractivity contribution in [2.24, 2.45) is 0 Å². The molecule has 0 amide bonds. The number of aromatic nitrogens is 3. The molecule has 0 aliphatic heterocycles. The van der Waals surface area contributed by atoms with Crippen LogP contribution in [0.1, 0.15) is 95.3 Å². The second-order valence-electron chi connectivity index (χ2n) is 15.1. The molecule has 5 nitrogen and oxygen atoms in total. The van der Waals surface area contributed by atoms with Gasteiger partial charge in [-0.2, -0.15) is 5.26 Å². The summed E-state index contributed by atoms with van der Waals surface area (Å²) >= 11 is 0. The number of fused-ring (bicyclic) bond motifs is 3. The zero-order valence-corrected chi connectivity index (χ0v) is 33.5. The molecule has 0 saturated heterocycles. The molecule has 4 aromatic heterocycles. The van der Waals surface area contributed by atoms with E-state index in [1.165, 1.54) is 48.8 Å². The Labute approximate surface area is 383 Å². The van der Waals surface area contributed by atoms with Crippen molar-refractivity contribution < 1.29 is 23.6 Å². The molecule has 5 heteroatoms. The molecule has 1 saturated carbocycles. The molecule has 1 aliphatic carbocycles. The lowest BCUT2D eigenvalue weighted by Crippen LogP contribution is -2.00. The van der Waals surface area contributed by atoms with Gasteiger partial charge in [-0.05, 0) is 127 Å². The molecule has 0 unspecified atom stereocenters. The first kappa shape index (κ1) is 26.2. The van der Waals surface area contributed by atoms with E-state index in [1.807, 2.05) is 60.7 Å². The third-order valence-corrected chi connectivity index (χ3v) is 11.0. The van der Waals surface area contributed by atoms with Crippen LogP contribution in [0.15, 0.2) is 169 Å². The minimum atomic E-state index is -3.15. The Balaban J connectivity index is 1.05. The van der Waals surface area contributed by atoms with E-state index in [9.17, 15) is 23.1 Å². The maximum Gasteiger partial charge on any atom is 0.144 e. The van der Waals surface area contributed by atoms with Gasteiger partial charge < -0.3 is 4.42 Å². The number of pyridine rings is 3. The minimum absolute atomic E-state index is 0.0183. The van der Waals surface area contributed by atoms with Gasteiger partial charge in [-0.15, -0.1) is 0 Å². The molecule has 5 aromatic carbocycles. The van der Waals surface area contributed by atoms with Gasteiger partial charge in [0.25, 0.3) is 0 Å². The normalized spacial score (nSPS) is 18.1. The fraction of sp³-hybridized carbons (Fsp3) is 0.193. The maximum atomic E-state index is 10.2. The van der Waals surface area contributed by atoms with Crippen LogP contribution in [0.4, 0.5) is 0 Å². The average Bonchev–Trinajstić information content (AvgIpc) is 4.08. The number of aryl methyl sites for hydroxylation is 6. The zero-order valence-electron chi connectivity index (χ0n) is 47.5. The first-order valence-corrected chi connectivity index (χ1v) is 20.5. The number of benzene rings is 5. The van der Waals surface area contributed by atoms with Crippen molar-refractivity contribution in [2.45, 2.75) is 69.8 Å². The van der Waals surface area contributed by atoms with Crippen LogP contribution in [-0.4, -0.2) is 15.0 Å². The molecule has 0 N–H and O–H groups in total. The zero-order chi connectivity index (χ0) is 54.2. The van der Waals surface area contributed by atoms with Gasteiger partial charge in [0, 0.05) is 69.4 Å². The fourth-order valence-electron chi connectivity index (χ4n) is 7.88. The third-order valence-electron chi connectivity index (χ3n) is 11.0. The molecule has 0 bridgehead atoms. The molecule has 0 spiro atoms. The van der Waals surface area contributed by atoms with E-state index in [0.29, 0.717) is 63.0 Å². The van der Waals surface area contributed by atoms with Crippen LogP contribution in [0.25, 0.3) is 55.7 Å². The van der Waals surface area contributed by atoms with Crippen LogP contribution in [0, 0.1) is 11.3 Å².